The molecule has 1 N–H and O–H groups in total. The Labute approximate surface area is 105 Å². The molecule has 18 heavy (non-hydrogen) atoms. The van der Waals surface area contributed by atoms with Crippen molar-refractivity contribution in [3.8, 4) is 5.75 Å². The molecule has 5 heteroatoms. The summed E-state index contributed by atoms with van der Waals surface area (Å²) in [7, 11) is 1.58. The van der Waals surface area contributed by atoms with Gasteiger partial charge in [0.15, 0.2) is 5.69 Å². The number of methoxy groups -OCH3 is 1. The Kier molecular flexibility index (Phi) is 3.32. The molecule has 0 bridgehead atoms. The third kappa shape index (κ3) is 2.34. The first-order valence-corrected chi connectivity index (χ1v) is 5.50. The van der Waals surface area contributed by atoms with Gasteiger partial charge in [-0.2, -0.15) is 0 Å². The summed E-state index contributed by atoms with van der Waals surface area (Å²) in [6.07, 6.45) is 0. The van der Waals surface area contributed by atoms with E-state index in [-0.39, 0.29) is 5.91 Å². The predicted octanol–water partition coefficient (Wildman–Crippen LogP) is 2.55. The van der Waals surface area contributed by atoms with E-state index in [1.165, 1.54) is 0 Å². The van der Waals surface area contributed by atoms with Crippen LogP contribution in [-0.2, 0) is 0 Å². The zero-order chi connectivity index (χ0) is 13.1. The monoisotopic (exact) mass is 246 g/mol. The number of amides is 1. The lowest BCUT2D eigenvalue weighted by Gasteiger charge is -2.05. The van der Waals surface area contributed by atoms with Crippen molar-refractivity contribution < 1.29 is 14.1 Å². The summed E-state index contributed by atoms with van der Waals surface area (Å²) in [6, 6.07) is 7.12. The van der Waals surface area contributed by atoms with Gasteiger partial charge in [-0.15, -0.1) is 0 Å². The van der Waals surface area contributed by atoms with E-state index in [4.69, 9.17) is 9.26 Å². The predicted molar refractivity (Wildman–Crippen MR) is 66.9 cm³/mol. The molecule has 0 saturated carbocycles. The molecule has 0 radical (unpaired) electrons. The van der Waals surface area contributed by atoms with Crippen LogP contribution in [0.4, 0.5) is 5.69 Å². The number of aromatic nitrogens is 1. The molecular weight excluding hydrogens is 232 g/mol. The Morgan fingerprint density at radius 3 is 2.78 bits per heavy atom. The number of nitrogens with zero attached hydrogens (tertiary/aromatic N) is 1. The number of hydrogen-bond acceptors (Lipinski definition) is 4. The molecule has 1 amide bonds. The van der Waals surface area contributed by atoms with Gasteiger partial charge in [-0.25, -0.2) is 0 Å². The van der Waals surface area contributed by atoms with Crippen molar-refractivity contribution in [1.29, 1.82) is 0 Å². The molecule has 1 aromatic carbocycles. The number of nitrogens with one attached hydrogen (secondary N) is 1. The van der Waals surface area contributed by atoms with Crippen LogP contribution < -0.4 is 10.1 Å². The first-order valence-electron chi connectivity index (χ1n) is 5.50. The molecule has 0 fully saturated rings. The topological polar surface area (TPSA) is 64.4 Å². The highest BCUT2D eigenvalue weighted by Crippen LogP contribution is 2.18. The van der Waals surface area contributed by atoms with Gasteiger partial charge in [0.05, 0.1) is 7.11 Å². The van der Waals surface area contributed by atoms with Crippen LogP contribution in [0.5, 0.6) is 5.75 Å². The second kappa shape index (κ2) is 4.91. The number of carbonyl (C=O) groups is 1. The largest absolute Gasteiger partial charge is 0.497 e. The number of rotatable bonds is 3. The van der Waals surface area contributed by atoms with E-state index in [9.17, 15) is 4.79 Å². The molecule has 0 atom stereocenters. The van der Waals surface area contributed by atoms with Gasteiger partial charge in [0.1, 0.15) is 11.5 Å². The Morgan fingerprint density at radius 1 is 1.39 bits per heavy atom. The normalized spacial score (nSPS) is 10.2. The van der Waals surface area contributed by atoms with E-state index in [0.717, 1.165) is 5.56 Å². The maximum absolute atomic E-state index is 12.0. The van der Waals surface area contributed by atoms with E-state index in [1.54, 1.807) is 45.2 Å². The molecule has 0 aliphatic heterocycles. The fourth-order valence-electron chi connectivity index (χ4n) is 1.52. The van der Waals surface area contributed by atoms with Crippen LogP contribution in [-0.4, -0.2) is 18.2 Å². The molecule has 5 nitrogen and oxygen atoms in total. The summed E-state index contributed by atoms with van der Waals surface area (Å²) in [6.45, 7) is 3.57. The highest BCUT2D eigenvalue weighted by Gasteiger charge is 2.16. The van der Waals surface area contributed by atoms with Gasteiger partial charge in [0.25, 0.3) is 5.91 Å². The van der Waals surface area contributed by atoms with E-state index in [0.29, 0.717) is 22.9 Å². The van der Waals surface area contributed by atoms with Gasteiger partial charge in [0.2, 0.25) is 0 Å². The zero-order valence-corrected chi connectivity index (χ0v) is 10.5. The first-order chi connectivity index (χ1) is 8.61. The van der Waals surface area contributed by atoms with Crippen LogP contribution >= 0.6 is 0 Å². The summed E-state index contributed by atoms with van der Waals surface area (Å²) in [5.41, 5.74) is 1.70. The third-order valence-electron chi connectivity index (χ3n) is 2.70. The molecule has 0 aliphatic carbocycles. The number of anilines is 1. The van der Waals surface area contributed by atoms with Crippen LogP contribution in [0.3, 0.4) is 0 Å². The highest BCUT2D eigenvalue weighted by atomic mass is 16.5. The van der Waals surface area contributed by atoms with Gasteiger partial charge in [0, 0.05) is 17.3 Å². The quantitative estimate of drug-likeness (QED) is 0.903. The van der Waals surface area contributed by atoms with Crippen molar-refractivity contribution in [2.75, 3.05) is 12.4 Å². The van der Waals surface area contributed by atoms with E-state index < -0.39 is 0 Å². The summed E-state index contributed by atoms with van der Waals surface area (Å²) in [5, 5.41) is 6.48. The first kappa shape index (κ1) is 12.2. The molecule has 1 aromatic heterocycles. The van der Waals surface area contributed by atoms with E-state index in [2.05, 4.69) is 10.5 Å². The maximum atomic E-state index is 12.0. The zero-order valence-electron chi connectivity index (χ0n) is 10.5. The van der Waals surface area contributed by atoms with Gasteiger partial charge in [-0.1, -0.05) is 11.2 Å². The molecule has 2 aromatic rings. The third-order valence-corrected chi connectivity index (χ3v) is 2.70. The smallest absolute Gasteiger partial charge is 0.278 e. The second-order valence-electron chi connectivity index (χ2n) is 3.90. The average molecular weight is 246 g/mol. The number of carbonyl (C=O) groups excluding carboxylic acids is 1. The lowest BCUT2D eigenvalue weighted by Crippen LogP contribution is -2.13. The Morgan fingerprint density at radius 2 is 2.17 bits per heavy atom. The second-order valence-corrected chi connectivity index (χ2v) is 3.90. The van der Waals surface area contributed by atoms with Crippen molar-refractivity contribution in [2.24, 2.45) is 0 Å². The molecule has 0 aliphatic rings. The van der Waals surface area contributed by atoms with Crippen molar-refractivity contribution in [1.82, 2.24) is 5.16 Å². The van der Waals surface area contributed by atoms with Crippen molar-refractivity contribution >= 4 is 11.6 Å². The standard InChI is InChI=1S/C13H14N2O3/c1-8-9(2)18-15-12(8)13(16)14-10-5-4-6-11(7-10)17-3/h4-7H,1-3H3,(H,14,16). The lowest BCUT2D eigenvalue weighted by atomic mass is 10.2. The minimum Gasteiger partial charge on any atom is -0.497 e. The minimum atomic E-state index is -0.294. The minimum absolute atomic E-state index is 0.294. The van der Waals surface area contributed by atoms with Gasteiger partial charge < -0.3 is 14.6 Å². The van der Waals surface area contributed by atoms with Gasteiger partial charge in [-0.3, -0.25) is 4.79 Å². The van der Waals surface area contributed by atoms with Gasteiger partial charge >= 0.3 is 0 Å². The maximum Gasteiger partial charge on any atom is 0.278 e. The summed E-state index contributed by atoms with van der Waals surface area (Å²) < 4.78 is 10.0. The molecule has 1 heterocycles. The summed E-state index contributed by atoms with van der Waals surface area (Å²) in [4.78, 5) is 12.0. The van der Waals surface area contributed by atoms with Crippen LogP contribution in [0.1, 0.15) is 21.8 Å². The van der Waals surface area contributed by atoms with Gasteiger partial charge in [-0.05, 0) is 26.0 Å². The molecule has 94 valence electrons. The fourth-order valence-corrected chi connectivity index (χ4v) is 1.52. The van der Waals surface area contributed by atoms with Crippen LogP contribution in [0.15, 0.2) is 28.8 Å². The number of benzene rings is 1. The number of ether oxygens (including phenoxy) is 1. The van der Waals surface area contributed by atoms with Crippen molar-refractivity contribution in [3.05, 3.63) is 41.3 Å². The van der Waals surface area contributed by atoms with E-state index in [1.807, 2.05) is 0 Å². The lowest BCUT2D eigenvalue weighted by molar-refractivity contribution is 0.101. The fraction of sp³-hybridized carbons (Fsp3) is 0.231. The Bertz CT molecular complexity index is 575. The molecule has 0 saturated heterocycles. The highest BCUT2D eigenvalue weighted by molar-refractivity contribution is 6.03. The molecule has 0 unspecified atom stereocenters. The van der Waals surface area contributed by atoms with Crippen molar-refractivity contribution in [2.45, 2.75) is 13.8 Å². The Hall–Kier alpha value is -2.30. The summed E-state index contributed by atoms with van der Waals surface area (Å²) >= 11 is 0. The van der Waals surface area contributed by atoms with Crippen LogP contribution in [0.2, 0.25) is 0 Å². The Balaban J connectivity index is 2.18. The molecule has 2 rings (SSSR count). The van der Waals surface area contributed by atoms with E-state index >= 15 is 0 Å². The average Bonchev–Trinajstić information content (AvgIpc) is 2.70. The van der Waals surface area contributed by atoms with Crippen molar-refractivity contribution in [3.63, 3.8) is 0 Å². The number of aryl methyl sites for hydroxylation is 1. The number of hydrogen-bond donors (Lipinski definition) is 1. The molecular formula is C13H14N2O3. The molecule has 0 spiro atoms. The van der Waals surface area contributed by atoms with Crippen LogP contribution in [0, 0.1) is 13.8 Å². The van der Waals surface area contributed by atoms with Crippen LogP contribution in [0.25, 0.3) is 0 Å². The summed E-state index contributed by atoms with van der Waals surface area (Å²) in [5.74, 6) is 1.03. The SMILES string of the molecule is COc1cccc(NC(=O)c2noc(C)c2C)c1.